The molecule has 0 fully saturated rings. The van der Waals surface area contributed by atoms with E-state index >= 15 is 0 Å². The summed E-state index contributed by atoms with van der Waals surface area (Å²) < 4.78 is 0. The SMILES string of the molecule is C.C.C.CCCCC. The molecule has 0 atom stereocenters. The molecule has 0 N–H and O–H groups in total. The van der Waals surface area contributed by atoms with Gasteiger partial charge in [0.15, 0.2) is 0 Å². The van der Waals surface area contributed by atoms with Crippen molar-refractivity contribution >= 4 is 0 Å². The van der Waals surface area contributed by atoms with Crippen LogP contribution in [0.15, 0.2) is 0 Å². The summed E-state index contributed by atoms with van der Waals surface area (Å²) in [6, 6.07) is 0. The van der Waals surface area contributed by atoms with E-state index in [0.717, 1.165) is 0 Å². The van der Waals surface area contributed by atoms with Gasteiger partial charge in [0.25, 0.3) is 0 Å². The minimum atomic E-state index is 0. The van der Waals surface area contributed by atoms with Crippen LogP contribution in [0.3, 0.4) is 0 Å². The van der Waals surface area contributed by atoms with Gasteiger partial charge in [-0.3, -0.25) is 0 Å². The third-order valence-electron chi connectivity index (χ3n) is 0.707. The maximum absolute atomic E-state index is 2.21. The molecule has 0 saturated carbocycles. The monoisotopic (exact) mass is 120 g/mol. The van der Waals surface area contributed by atoms with Gasteiger partial charge >= 0.3 is 0 Å². The maximum atomic E-state index is 2.21. The normalized spacial score (nSPS) is 5.25. The minimum Gasteiger partial charge on any atom is -0.0776 e. The van der Waals surface area contributed by atoms with Gasteiger partial charge in [-0.1, -0.05) is 55.4 Å². The highest BCUT2D eigenvalue weighted by atomic mass is 13.7. The molecule has 0 unspecified atom stereocenters. The first kappa shape index (κ1) is 24.5. The lowest BCUT2D eigenvalue weighted by Gasteiger charge is -1.79. The summed E-state index contributed by atoms with van der Waals surface area (Å²) in [7, 11) is 0. The smallest absolute Gasteiger partial charge is 0.0538 e. The van der Waals surface area contributed by atoms with Crippen LogP contribution >= 0.6 is 0 Å². The highest BCUT2D eigenvalue weighted by Crippen LogP contribution is 1.88. The summed E-state index contributed by atoms with van der Waals surface area (Å²) in [5, 5.41) is 0. The number of rotatable bonds is 2. The molecule has 8 heavy (non-hydrogen) atoms. The van der Waals surface area contributed by atoms with E-state index in [2.05, 4.69) is 13.8 Å². The van der Waals surface area contributed by atoms with Crippen LogP contribution in [-0.4, -0.2) is 0 Å². The van der Waals surface area contributed by atoms with Crippen LogP contribution in [0.4, 0.5) is 0 Å². The van der Waals surface area contributed by atoms with Crippen LogP contribution in [0.25, 0.3) is 0 Å². The molecule has 0 amide bonds. The fourth-order valence-electron chi connectivity index (χ4n) is 0.354. The van der Waals surface area contributed by atoms with Gasteiger partial charge in [-0.25, -0.2) is 0 Å². The van der Waals surface area contributed by atoms with Crippen LogP contribution in [0, 0.1) is 0 Å². The molecule has 0 aromatic carbocycles. The van der Waals surface area contributed by atoms with E-state index in [1.165, 1.54) is 19.3 Å². The molecule has 0 nitrogen and oxygen atoms in total. The molecule has 0 aliphatic carbocycles. The van der Waals surface area contributed by atoms with E-state index in [-0.39, 0.29) is 22.3 Å². The molecule has 0 aromatic heterocycles. The van der Waals surface area contributed by atoms with Crippen molar-refractivity contribution in [3.05, 3.63) is 0 Å². The van der Waals surface area contributed by atoms with E-state index in [9.17, 15) is 0 Å². The van der Waals surface area contributed by atoms with Crippen LogP contribution in [0.5, 0.6) is 0 Å². The zero-order valence-corrected chi connectivity index (χ0v) is 4.12. The molecule has 0 rings (SSSR count). The van der Waals surface area contributed by atoms with Crippen molar-refractivity contribution in [3.63, 3.8) is 0 Å². The standard InChI is InChI=1S/C5H12.3CH4/c1-3-5-4-2;;;/h3-5H2,1-2H3;3*1H4. The zero-order valence-electron chi connectivity index (χ0n) is 4.12. The molecule has 0 aliphatic rings. The highest BCUT2D eigenvalue weighted by molar-refractivity contribution is 4.24. The van der Waals surface area contributed by atoms with E-state index in [1.807, 2.05) is 0 Å². The first-order valence-electron chi connectivity index (χ1n) is 2.41. The lowest BCUT2D eigenvalue weighted by atomic mass is 10.3. The highest BCUT2D eigenvalue weighted by Gasteiger charge is 1.68. The lowest BCUT2D eigenvalue weighted by Crippen LogP contribution is -1.59. The number of hydrogen-bond acceptors (Lipinski definition) is 0. The van der Waals surface area contributed by atoms with Gasteiger partial charge in [0.05, 0.1) is 0 Å². The quantitative estimate of drug-likeness (QED) is 0.514. The molecule has 0 heteroatoms. The largest absolute Gasteiger partial charge is 0.0776 e. The molecule has 56 valence electrons. The van der Waals surface area contributed by atoms with Crippen molar-refractivity contribution in [1.82, 2.24) is 0 Å². The molecule has 0 aliphatic heterocycles. The lowest BCUT2D eigenvalue weighted by molar-refractivity contribution is 0.772. The van der Waals surface area contributed by atoms with Crippen LogP contribution in [0.1, 0.15) is 55.4 Å². The predicted molar refractivity (Wildman–Crippen MR) is 45.4 cm³/mol. The summed E-state index contributed by atoms with van der Waals surface area (Å²) in [6.45, 7) is 4.42. The van der Waals surface area contributed by atoms with Crippen molar-refractivity contribution in [3.8, 4) is 0 Å². The van der Waals surface area contributed by atoms with Gasteiger partial charge in [-0.05, 0) is 0 Å². The average Bonchev–Trinajstić information content (AvgIpc) is 1.41. The molecule has 0 saturated heterocycles. The summed E-state index contributed by atoms with van der Waals surface area (Å²) in [6.07, 6.45) is 4.08. The Hall–Kier alpha value is 0. The average molecular weight is 120 g/mol. The van der Waals surface area contributed by atoms with E-state index in [1.54, 1.807) is 0 Å². The molecule has 0 spiro atoms. The minimum absolute atomic E-state index is 0. The van der Waals surface area contributed by atoms with Crippen LogP contribution in [-0.2, 0) is 0 Å². The molecule has 0 bridgehead atoms. The third kappa shape index (κ3) is 37.5. The third-order valence-corrected chi connectivity index (χ3v) is 0.707. The Morgan fingerprint density at radius 1 is 0.750 bits per heavy atom. The van der Waals surface area contributed by atoms with Gasteiger partial charge < -0.3 is 0 Å². The van der Waals surface area contributed by atoms with Crippen molar-refractivity contribution in [1.29, 1.82) is 0 Å². The maximum Gasteiger partial charge on any atom is -0.0538 e. The Balaban J connectivity index is -0.0000000267. The molecular formula is C8H24. The predicted octanol–water partition coefficient (Wildman–Crippen LogP) is 4.10. The summed E-state index contributed by atoms with van der Waals surface area (Å²) in [5.41, 5.74) is 0. The first-order chi connectivity index (χ1) is 2.41. The zero-order chi connectivity index (χ0) is 4.12. The first-order valence-corrected chi connectivity index (χ1v) is 2.41. The van der Waals surface area contributed by atoms with Crippen molar-refractivity contribution in [2.75, 3.05) is 0 Å². The van der Waals surface area contributed by atoms with Gasteiger partial charge in [0.1, 0.15) is 0 Å². The Morgan fingerprint density at radius 3 is 1.00 bits per heavy atom. The van der Waals surface area contributed by atoms with Crippen LogP contribution < -0.4 is 0 Å². The fraction of sp³-hybridized carbons (Fsp3) is 1.00. The van der Waals surface area contributed by atoms with E-state index in [4.69, 9.17) is 0 Å². The van der Waals surface area contributed by atoms with E-state index in [0.29, 0.717) is 0 Å². The van der Waals surface area contributed by atoms with Gasteiger partial charge in [0.2, 0.25) is 0 Å². The Morgan fingerprint density at radius 2 is 1.00 bits per heavy atom. The second-order valence-corrected chi connectivity index (χ2v) is 1.35. The topological polar surface area (TPSA) is 0 Å². The fourth-order valence-corrected chi connectivity index (χ4v) is 0.354. The van der Waals surface area contributed by atoms with E-state index < -0.39 is 0 Å². The van der Waals surface area contributed by atoms with Crippen LogP contribution in [0.2, 0.25) is 0 Å². The Labute approximate surface area is 56.3 Å². The molecule has 0 heterocycles. The number of unbranched alkanes of at least 4 members (excludes halogenated alkanes) is 2. The second-order valence-electron chi connectivity index (χ2n) is 1.35. The Kier molecular flexibility index (Phi) is 85.8. The summed E-state index contributed by atoms with van der Waals surface area (Å²) in [4.78, 5) is 0. The summed E-state index contributed by atoms with van der Waals surface area (Å²) >= 11 is 0. The molecule has 0 radical (unpaired) electrons. The summed E-state index contributed by atoms with van der Waals surface area (Å²) in [5.74, 6) is 0. The van der Waals surface area contributed by atoms with Crippen molar-refractivity contribution < 1.29 is 0 Å². The second kappa shape index (κ2) is 28.0. The van der Waals surface area contributed by atoms with Gasteiger partial charge in [0, 0.05) is 0 Å². The van der Waals surface area contributed by atoms with Crippen molar-refractivity contribution in [2.45, 2.75) is 55.4 Å². The molecule has 0 aromatic rings. The molecular weight excluding hydrogens is 96.1 g/mol. The number of hydrogen-bond donors (Lipinski definition) is 0. The van der Waals surface area contributed by atoms with Crippen molar-refractivity contribution in [2.24, 2.45) is 0 Å². The van der Waals surface area contributed by atoms with Gasteiger partial charge in [-0.2, -0.15) is 0 Å². The van der Waals surface area contributed by atoms with Gasteiger partial charge in [-0.15, -0.1) is 0 Å². The Bertz CT molecular complexity index is 7.51.